The summed E-state index contributed by atoms with van der Waals surface area (Å²) >= 11 is 0. The first-order chi connectivity index (χ1) is 21.9. The van der Waals surface area contributed by atoms with Crippen molar-refractivity contribution in [3.8, 4) is 11.4 Å². The number of para-hydroxylation sites is 3. The van der Waals surface area contributed by atoms with E-state index in [2.05, 4.69) is 167 Å². The molecule has 0 amide bonds. The second-order valence-electron chi connectivity index (χ2n) is 11.7. The van der Waals surface area contributed by atoms with Crippen LogP contribution in [0.4, 0.5) is 0 Å². The molecule has 2 nitrogen and oxygen atoms in total. The lowest BCUT2D eigenvalue weighted by molar-refractivity contribution is 1.18. The normalized spacial score (nSPS) is 12.1. The standard InChI is InChI=1S/C42H26N2/c1-2-13-27(14-3-1)43-36-22-10-8-18-31(36)34-25-26-39-41(42(34)43)35-20-9-11-23-37(35)44(39)38-24-12-21-33-30-16-5-4-15-28(30)29-17-6-7-19-32(29)40(33)38/h1-26H. The summed E-state index contributed by atoms with van der Waals surface area (Å²) < 4.78 is 4.95. The quantitative estimate of drug-likeness (QED) is 0.187. The Balaban J connectivity index is 1.45. The highest BCUT2D eigenvalue weighted by atomic mass is 15.0. The van der Waals surface area contributed by atoms with E-state index in [4.69, 9.17) is 0 Å². The summed E-state index contributed by atoms with van der Waals surface area (Å²) in [7, 11) is 0. The SMILES string of the molecule is c1ccc(-n2c3ccccc3c3ccc4c(c5ccccc5n4-c4cccc5c6ccccc6c6ccccc6c45)c32)cc1. The molecule has 0 radical (unpaired) electrons. The van der Waals surface area contributed by atoms with Crippen molar-refractivity contribution < 1.29 is 0 Å². The van der Waals surface area contributed by atoms with Crippen molar-refractivity contribution in [2.75, 3.05) is 0 Å². The monoisotopic (exact) mass is 558 g/mol. The van der Waals surface area contributed by atoms with Crippen LogP contribution in [0.15, 0.2) is 158 Å². The Morgan fingerprint density at radius 2 is 0.795 bits per heavy atom. The average Bonchev–Trinajstić information content (AvgIpc) is 3.61. The zero-order valence-corrected chi connectivity index (χ0v) is 23.9. The molecule has 2 aromatic heterocycles. The number of hydrogen-bond acceptors (Lipinski definition) is 0. The highest BCUT2D eigenvalue weighted by molar-refractivity contribution is 6.29. The molecule has 0 aliphatic rings. The molecule has 10 rings (SSSR count). The van der Waals surface area contributed by atoms with Crippen molar-refractivity contribution in [1.82, 2.24) is 9.13 Å². The predicted molar refractivity (Wildman–Crippen MR) is 188 cm³/mol. The van der Waals surface area contributed by atoms with Gasteiger partial charge in [-0.3, -0.25) is 0 Å². The van der Waals surface area contributed by atoms with Crippen molar-refractivity contribution in [1.29, 1.82) is 0 Å². The Morgan fingerprint density at radius 1 is 0.273 bits per heavy atom. The van der Waals surface area contributed by atoms with E-state index in [1.165, 1.54) is 87.3 Å². The number of fused-ring (bicyclic) bond motifs is 13. The number of rotatable bonds is 2. The molecule has 0 saturated heterocycles. The van der Waals surface area contributed by atoms with Crippen molar-refractivity contribution in [3.63, 3.8) is 0 Å². The van der Waals surface area contributed by atoms with Gasteiger partial charge in [0.05, 0.1) is 27.8 Å². The van der Waals surface area contributed by atoms with Crippen molar-refractivity contribution in [2.45, 2.75) is 0 Å². The molecule has 0 aliphatic heterocycles. The molecule has 10 aromatic rings. The lowest BCUT2D eigenvalue weighted by Gasteiger charge is -2.16. The van der Waals surface area contributed by atoms with Crippen LogP contribution in [0.3, 0.4) is 0 Å². The van der Waals surface area contributed by atoms with E-state index in [1.807, 2.05) is 0 Å². The number of hydrogen-bond donors (Lipinski definition) is 0. The van der Waals surface area contributed by atoms with Gasteiger partial charge >= 0.3 is 0 Å². The first-order valence-corrected chi connectivity index (χ1v) is 15.2. The first-order valence-electron chi connectivity index (χ1n) is 15.2. The highest BCUT2D eigenvalue weighted by Gasteiger charge is 2.22. The summed E-state index contributed by atoms with van der Waals surface area (Å²) in [6.07, 6.45) is 0. The molecule has 44 heavy (non-hydrogen) atoms. The molecule has 0 saturated carbocycles. The van der Waals surface area contributed by atoms with Gasteiger partial charge in [-0.05, 0) is 63.3 Å². The molecule has 2 heterocycles. The van der Waals surface area contributed by atoms with E-state index in [-0.39, 0.29) is 0 Å². The van der Waals surface area contributed by atoms with Crippen LogP contribution in [0.25, 0.3) is 87.3 Å². The molecular formula is C42H26N2. The number of nitrogens with zero attached hydrogens (tertiary/aromatic N) is 2. The van der Waals surface area contributed by atoms with Crippen LogP contribution in [0, 0.1) is 0 Å². The van der Waals surface area contributed by atoms with Gasteiger partial charge in [0.15, 0.2) is 0 Å². The number of aromatic nitrogens is 2. The maximum absolute atomic E-state index is 2.50. The molecule has 0 atom stereocenters. The van der Waals surface area contributed by atoms with E-state index >= 15 is 0 Å². The fraction of sp³-hybridized carbons (Fsp3) is 0. The molecule has 2 heteroatoms. The minimum Gasteiger partial charge on any atom is -0.309 e. The molecule has 0 spiro atoms. The van der Waals surface area contributed by atoms with E-state index in [0.717, 1.165) is 0 Å². The van der Waals surface area contributed by atoms with Crippen LogP contribution >= 0.6 is 0 Å². The van der Waals surface area contributed by atoms with Gasteiger partial charge in [0.25, 0.3) is 0 Å². The minimum absolute atomic E-state index is 1.17. The van der Waals surface area contributed by atoms with Gasteiger partial charge < -0.3 is 9.13 Å². The molecule has 8 aromatic carbocycles. The van der Waals surface area contributed by atoms with Crippen molar-refractivity contribution >= 4 is 75.9 Å². The first kappa shape index (κ1) is 23.7. The van der Waals surface area contributed by atoms with Crippen LogP contribution in [-0.4, -0.2) is 9.13 Å². The lowest BCUT2D eigenvalue weighted by atomic mass is 9.93. The molecule has 0 unspecified atom stereocenters. The van der Waals surface area contributed by atoms with Gasteiger partial charge in [0.2, 0.25) is 0 Å². The summed E-state index contributed by atoms with van der Waals surface area (Å²) in [6, 6.07) is 57.6. The van der Waals surface area contributed by atoms with E-state index in [1.54, 1.807) is 0 Å². The molecule has 0 aliphatic carbocycles. The van der Waals surface area contributed by atoms with Crippen LogP contribution < -0.4 is 0 Å². The smallest absolute Gasteiger partial charge is 0.0641 e. The Hall–Kier alpha value is -5.86. The van der Waals surface area contributed by atoms with E-state index < -0.39 is 0 Å². The Bertz CT molecular complexity index is 2720. The van der Waals surface area contributed by atoms with Crippen LogP contribution in [0.1, 0.15) is 0 Å². The Labute approximate surface area is 253 Å². The molecule has 0 N–H and O–H groups in total. The summed E-state index contributed by atoms with van der Waals surface area (Å²) in [5.41, 5.74) is 7.28. The predicted octanol–water partition coefficient (Wildman–Crippen LogP) is 11.3. The maximum atomic E-state index is 2.50. The van der Waals surface area contributed by atoms with Gasteiger partial charge in [-0.25, -0.2) is 0 Å². The maximum Gasteiger partial charge on any atom is 0.0641 e. The van der Waals surface area contributed by atoms with Gasteiger partial charge in [-0.2, -0.15) is 0 Å². The summed E-state index contributed by atoms with van der Waals surface area (Å²) in [6.45, 7) is 0. The third-order valence-electron chi connectivity index (χ3n) is 9.47. The zero-order valence-electron chi connectivity index (χ0n) is 23.9. The zero-order chi connectivity index (χ0) is 28.8. The molecule has 204 valence electrons. The van der Waals surface area contributed by atoms with Gasteiger partial charge in [0.1, 0.15) is 0 Å². The third kappa shape index (κ3) is 3.04. The summed E-state index contributed by atoms with van der Waals surface area (Å²) in [4.78, 5) is 0. The second kappa shape index (κ2) is 8.82. The van der Waals surface area contributed by atoms with Gasteiger partial charge in [0, 0.05) is 32.6 Å². The minimum atomic E-state index is 1.17. The number of benzene rings is 8. The van der Waals surface area contributed by atoms with Gasteiger partial charge in [-0.15, -0.1) is 0 Å². The Kier molecular flexibility index (Phi) is 4.75. The summed E-state index contributed by atoms with van der Waals surface area (Å²) in [5, 5.41) is 12.8. The third-order valence-corrected chi connectivity index (χ3v) is 9.47. The average molecular weight is 559 g/mol. The fourth-order valence-electron chi connectivity index (χ4n) is 7.74. The highest BCUT2D eigenvalue weighted by Crippen LogP contribution is 2.44. The largest absolute Gasteiger partial charge is 0.309 e. The molecule has 0 fully saturated rings. The topological polar surface area (TPSA) is 9.86 Å². The van der Waals surface area contributed by atoms with E-state index in [0.29, 0.717) is 0 Å². The van der Waals surface area contributed by atoms with Crippen molar-refractivity contribution in [2.24, 2.45) is 0 Å². The lowest BCUT2D eigenvalue weighted by Crippen LogP contribution is -1.97. The Morgan fingerprint density at radius 3 is 1.50 bits per heavy atom. The summed E-state index contributed by atoms with van der Waals surface area (Å²) in [5.74, 6) is 0. The molecular weight excluding hydrogens is 532 g/mol. The van der Waals surface area contributed by atoms with Crippen LogP contribution in [0.5, 0.6) is 0 Å². The van der Waals surface area contributed by atoms with Crippen LogP contribution in [-0.2, 0) is 0 Å². The molecule has 0 bridgehead atoms. The van der Waals surface area contributed by atoms with E-state index in [9.17, 15) is 0 Å². The van der Waals surface area contributed by atoms with Crippen LogP contribution in [0.2, 0.25) is 0 Å². The fourth-order valence-corrected chi connectivity index (χ4v) is 7.74. The second-order valence-corrected chi connectivity index (χ2v) is 11.7. The van der Waals surface area contributed by atoms with Crippen molar-refractivity contribution in [3.05, 3.63) is 158 Å². The van der Waals surface area contributed by atoms with Gasteiger partial charge in [-0.1, -0.05) is 121 Å².